The summed E-state index contributed by atoms with van der Waals surface area (Å²) in [6.45, 7) is 19.4. The highest BCUT2D eigenvalue weighted by molar-refractivity contribution is 5.85. The molecule has 2 nitrogen and oxygen atoms in total. The van der Waals surface area contributed by atoms with E-state index in [1.165, 1.54) is 56.9 Å². The Morgan fingerprint density at radius 1 is 0.906 bits per heavy atom. The van der Waals surface area contributed by atoms with Gasteiger partial charge in [0.15, 0.2) is 0 Å². The van der Waals surface area contributed by atoms with Crippen LogP contribution in [0, 0.1) is 56.7 Å². The molecule has 0 spiro atoms. The Labute approximate surface area is 197 Å². The molecule has 0 aromatic carbocycles. The molecule has 32 heavy (non-hydrogen) atoms. The summed E-state index contributed by atoms with van der Waals surface area (Å²) in [5, 5.41) is 10.6. The minimum atomic E-state index is -0.165. The predicted molar refractivity (Wildman–Crippen MR) is 131 cm³/mol. The fourth-order valence-electron chi connectivity index (χ4n) is 11.4. The molecule has 9 atom stereocenters. The van der Waals surface area contributed by atoms with E-state index in [2.05, 4.69) is 48.1 Å². The Kier molecular flexibility index (Phi) is 5.03. The van der Waals surface area contributed by atoms with Crippen molar-refractivity contribution in [2.75, 3.05) is 6.61 Å². The number of carbonyl (C=O) groups excluding carboxylic acids is 1. The van der Waals surface area contributed by atoms with Gasteiger partial charge in [-0.3, -0.25) is 4.79 Å². The number of fused-ring (bicyclic) bond motifs is 7. The summed E-state index contributed by atoms with van der Waals surface area (Å²) in [5.74, 6) is 3.65. The molecular weight excluding hydrogens is 392 g/mol. The normalized spacial score (nSPS) is 54.2. The van der Waals surface area contributed by atoms with Crippen molar-refractivity contribution in [2.24, 2.45) is 56.7 Å². The van der Waals surface area contributed by atoms with Gasteiger partial charge in [-0.15, -0.1) is 0 Å². The van der Waals surface area contributed by atoms with Crippen molar-refractivity contribution >= 4 is 5.78 Å². The number of hydrogen-bond donors (Lipinski definition) is 1. The summed E-state index contributed by atoms with van der Waals surface area (Å²) < 4.78 is 0. The predicted octanol–water partition coefficient (Wildman–Crippen LogP) is 7.21. The molecule has 0 aromatic rings. The lowest BCUT2D eigenvalue weighted by Crippen LogP contribution is -2.66. The molecular formula is C30H48O2. The van der Waals surface area contributed by atoms with Gasteiger partial charge >= 0.3 is 0 Å². The zero-order chi connectivity index (χ0) is 23.3. The van der Waals surface area contributed by atoms with E-state index in [4.69, 9.17) is 0 Å². The Bertz CT molecular complexity index is 827. The minimum Gasteiger partial charge on any atom is -0.396 e. The lowest BCUT2D eigenvalue weighted by atomic mass is 9.32. The van der Waals surface area contributed by atoms with Crippen LogP contribution in [0.5, 0.6) is 0 Å². The van der Waals surface area contributed by atoms with Crippen LogP contribution in [-0.4, -0.2) is 17.5 Å². The van der Waals surface area contributed by atoms with Gasteiger partial charge in [-0.2, -0.15) is 0 Å². The van der Waals surface area contributed by atoms with Gasteiger partial charge in [0.05, 0.1) is 0 Å². The van der Waals surface area contributed by atoms with Crippen molar-refractivity contribution in [3.8, 4) is 0 Å². The van der Waals surface area contributed by atoms with Crippen molar-refractivity contribution in [3.05, 3.63) is 12.2 Å². The highest BCUT2D eigenvalue weighted by Crippen LogP contribution is 2.77. The molecule has 5 rings (SSSR count). The Morgan fingerprint density at radius 2 is 1.62 bits per heavy atom. The zero-order valence-corrected chi connectivity index (χ0v) is 21.7. The maximum Gasteiger partial charge on any atom is 0.138 e. The van der Waals surface area contributed by atoms with Crippen LogP contribution in [-0.2, 0) is 4.79 Å². The Morgan fingerprint density at radius 3 is 2.28 bits per heavy atom. The topological polar surface area (TPSA) is 37.3 Å². The number of rotatable bonds is 2. The average molecular weight is 441 g/mol. The number of ketones is 1. The number of hydrogen-bond acceptors (Lipinski definition) is 2. The quantitative estimate of drug-likeness (QED) is 0.461. The minimum absolute atomic E-state index is 0.136. The average Bonchev–Trinajstić information content (AvgIpc) is 3.12. The molecule has 5 aliphatic rings. The summed E-state index contributed by atoms with van der Waals surface area (Å²) in [7, 11) is 0. The maximum atomic E-state index is 12.9. The molecule has 1 N–H and O–H groups in total. The van der Waals surface area contributed by atoms with Crippen LogP contribution >= 0.6 is 0 Å². The first-order valence-corrected chi connectivity index (χ1v) is 13.7. The smallest absolute Gasteiger partial charge is 0.138 e. The van der Waals surface area contributed by atoms with Crippen molar-refractivity contribution in [1.29, 1.82) is 0 Å². The van der Waals surface area contributed by atoms with E-state index >= 15 is 0 Å². The van der Waals surface area contributed by atoms with Gasteiger partial charge in [0, 0.05) is 18.4 Å². The SMILES string of the molecule is C=C(C)C1CC[C@]2(CO)CC[C@]3(C)C(CCC4[C@@]5(C)CCC(=O)C(C)(C)C5CC[C@]43C)C12. The molecule has 0 saturated heterocycles. The molecule has 0 radical (unpaired) electrons. The van der Waals surface area contributed by atoms with Gasteiger partial charge in [0.2, 0.25) is 0 Å². The van der Waals surface area contributed by atoms with E-state index in [1.54, 1.807) is 0 Å². The molecule has 0 aliphatic heterocycles. The standard InChI is InChI=1S/C30H48O2/c1-19(2)20-10-15-30(18-31)17-16-28(6)21(25(20)30)8-9-23-27(5)13-12-24(32)26(3,4)22(27)11-14-29(23,28)7/h20-23,25,31H,1,8-18H2,2-7H3/t20?,21?,22?,23?,25?,27-,28+,29+,30+/m0/s1. The van der Waals surface area contributed by atoms with Crippen LogP contribution in [0.3, 0.4) is 0 Å². The fourth-order valence-corrected chi connectivity index (χ4v) is 11.4. The van der Waals surface area contributed by atoms with Crippen LogP contribution in [0.2, 0.25) is 0 Å². The molecule has 0 bridgehead atoms. The molecule has 0 amide bonds. The van der Waals surface area contributed by atoms with Crippen molar-refractivity contribution in [1.82, 2.24) is 0 Å². The van der Waals surface area contributed by atoms with Gasteiger partial charge in [0.25, 0.3) is 0 Å². The zero-order valence-electron chi connectivity index (χ0n) is 21.7. The molecule has 2 heteroatoms. The van der Waals surface area contributed by atoms with Crippen LogP contribution in [0.1, 0.15) is 106 Å². The van der Waals surface area contributed by atoms with Gasteiger partial charge in [-0.05, 0) is 116 Å². The van der Waals surface area contributed by atoms with Crippen LogP contribution in [0.25, 0.3) is 0 Å². The van der Waals surface area contributed by atoms with Crippen molar-refractivity contribution < 1.29 is 9.90 Å². The summed E-state index contributed by atoms with van der Waals surface area (Å²) >= 11 is 0. The molecule has 0 aromatic heterocycles. The number of allylic oxidation sites excluding steroid dienone is 1. The van der Waals surface area contributed by atoms with Crippen molar-refractivity contribution in [3.63, 3.8) is 0 Å². The second kappa shape index (κ2) is 6.96. The monoisotopic (exact) mass is 440 g/mol. The van der Waals surface area contributed by atoms with Gasteiger partial charge in [-0.25, -0.2) is 0 Å². The van der Waals surface area contributed by atoms with E-state index in [1.807, 2.05) is 0 Å². The summed E-state index contributed by atoms with van der Waals surface area (Å²) in [4.78, 5) is 12.9. The second-order valence-corrected chi connectivity index (χ2v) is 14.4. The van der Waals surface area contributed by atoms with E-state index in [0.29, 0.717) is 52.8 Å². The highest BCUT2D eigenvalue weighted by atomic mass is 16.3. The van der Waals surface area contributed by atoms with E-state index < -0.39 is 0 Å². The van der Waals surface area contributed by atoms with Crippen LogP contribution in [0.4, 0.5) is 0 Å². The summed E-state index contributed by atoms with van der Waals surface area (Å²) in [6.07, 6.45) is 11.9. The first-order valence-electron chi connectivity index (χ1n) is 13.7. The maximum absolute atomic E-state index is 12.9. The summed E-state index contributed by atoms with van der Waals surface area (Å²) in [6, 6.07) is 0. The molecule has 180 valence electrons. The first-order chi connectivity index (χ1) is 14.9. The lowest BCUT2D eigenvalue weighted by Gasteiger charge is -2.72. The fraction of sp³-hybridized carbons (Fsp3) is 0.900. The Hall–Kier alpha value is -0.630. The number of carbonyl (C=O) groups is 1. The number of aliphatic hydroxyl groups is 1. The third kappa shape index (κ3) is 2.60. The van der Waals surface area contributed by atoms with Crippen LogP contribution in [0.15, 0.2) is 12.2 Å². The van der Waals surface area contributed by atoms with Gasteiger partial charge in [-0.1, -0.05) is 46.8 Å². The number of aliphatic hydroxyl groups excluding tert-OH is 1. The van der Waals surface area contributed by atoms with Crippen LogP contribution < -0.4 is 0 Å². The lowest BCUT2D eigenvalue weighted by molar-refractivity contribution is -0.236. The number of Topliss-reactive ketones (excluding diaryl/α,β-unsaturated/α-hetero) is 1. The molecule has 5 saturated carbocycles. The van der Waals surface area contributed by atoms with E-state index in [9.17, 15) is 9.90 Å². The summed E-state index contributed by atoms with van der Waals surface area (Å²) in [5.41, 5.74) is 2.27. The van der Waals surface area contributed by atoms with Gasteiger partial charge < -0.3 is 5.11 Å². The van der Waals surface area contributed by atoms with E-state index in [0.717, 1.165) is 12.8 Å². The third-order valence-corrected chi connectivity index (χ3v) is 13.3. The largest absolute Gasteiger partial charge is 0.396 e. The molecule has 5 unspecified atom stereocenters. The van der Waals surface area contributed by atoms with Crippen molar-refractivity contribution in [2.45, 2.75) is 106 Å². The third-order valence-electron chi connectivity index (χ3n) is 13.3. The molecule has 5 aliphatic carbocycles. The molecule has 5 fully saturated rings. The highest BCUT2D eigenvalue weighted by Gasteiger charge is 2.70. The second-order valence-electron chi connectivity index (χ2n) is 14.4. The molecule has 0 heterocycles. The Balaban J connectivity index is 1.56. The first kappa shape index (κ1) is 23.1. The van der Waals surface area contributed by atoms with Gasteiger partial charge in [0.1, 0.15) is 5.78 Å². The van der Waals surface area contributed by atoms with E-state index in [-0.39, 0.29) is 16.2 Å².